The number of halogens is 1. The van der Waals surface area contributed by atoms with Crippen LogP contribution in [0.1, 0.15) is 10.5 Å². The maximum Gasteiger partial charge on any atom is 0.358 e. The zero-order valence-corrected chi connectivity index (χ0v) is 10.7. The molecule has 3 aromatic rings. The van der Waals surface area contributed by atoms with Gasteiger partial charge >= 0.3 is 5.97 Å². The van der Waals surface area contributed by atoms with Crippen molar-refractivity contribution in [2.24, 2.45) is 7.05 Å². The average Bonchev–Trinajstić information content (AvgIpc) is 2.95. The number of rotatable bonds is 2. The third-order valence-corrected chi connectivity index (χ3v) is 3.18. The number of benzene rings is 1. The van der Waals surface area contributed by atoms with Crippen LogP contribution in [0.4, 0.5) is 0 Å². The first kappa shape index (κ1) is 11.8. The highest BCUT2D eigenvalue weighted by Crippen LogP contribution is 2.32. The molecule has 0 aliphatic rings. The van der Waals surface area contributed by atoms with Crippen molar-refractivity contribution in [3.8, 4) is 11.3 Å². The lowest BCUT2D eigenvalue weighted by molar-refractivity contribution is 0.0686. The molecule has 2 heterocycles. The Morgan fingerprint density at radius 1 is 1.42 bits per heavy atom. The van der Waals surface area contributed by atoms with E-state index >= 15 is 0 Å². The van der Waals surface area contributed by atoms with Crippen molar-refractivity contribution < 1.29 is 14.4 Å². The Hall–Kier alpha value is -2.27. The highest BCUT2D eigenvalue weighted by Gasteiger charge is 2.16. The van der Waals surface area contributed by atoms with Gasteiger partial charge < -0.3 is 14.2 Å². The van der Waals surface area contributed by atoms with Crippen LogP contribution in [-0.2, 0) is 7.05 Å². The molecule has 0 aliphatic heterocycles. The van der Waals surface area contributed by atoms with Crippen molar-refractivity contribution in [3.05, 3.63) is 41.2 Å². The standard InChI is InChI=1S/C13H9ClN2O3/c1-16-6-9(8-3-2-7(14)4-11(8)16)12-5-10(13(17)18)15-19-12/h2-6H,1H3,(H,17,18). The van der Waals surface area contributed by atoms with Crippen molar-refractivity contribution in [1.29, 1.82) is 0 Å². The van der Waals surface area contributed by atoms with Crippen molar-refractivity contribution in [3.63, 3.8) is 0 Å². The number of carbonyl (C=O) groups is 1. The number of carboxylic acids is 1. The van der Waals surface area contributed by atoms with Crippen molar-refractivity contribution in [2.45, 2.75) is 0 Å². The number of hydrogen-bond acceptors (Lipinski definition) is 3. The lowest BCUT2D eigenvalue weighted by Crippen LogP contribution is -1.94. The van der Waals surface area contributed by atoms with E-state index in [1.165, 1.54) is 6.07 Å². The predicted molar refractivity (Wildman–Crippen MR) is 70.4 cm³/mol. The third kappa shape index (κ3) is 1.88. The second-order valence-electron chi connectivity index (χ2n) is 4.20. The Morgan fingerprint density at radius 3 is 2.89 bits per heavy atom. The molecule has 0 atom stereocenters. The minimum Gasteiger partial charge on any atom is -0.476 e. The number of carboxylic acid groups (broad SMARTS) is 1. The fourth-order valence-electron chi connectivity index (χ4n) is 2.06. The Bertz CT molecular complexity index is 788. The summed E-state index contributed by atoms with van der Waals surface area (Å²) in [5.41, 5.74) is 1.62. The number of aromatic carboxylic acids is 1. The molecule has 19 heavy (non-hydrogen) atoms. The van der Waals surface area contributed by atoms with Crippen LogP contribution in [0, 0.1) is 0 Å². The normalized spacial score (nSPS) is 11.1. The highest BCUT2D eigenvalue weighted by molar-refractivity contribution is 6.31. The summed E-state index contributed by atoms with van der Waals surface area (Å²) in [6.45, 7) is 0. The highest BCUT2D eigenvalue weighted by atomic mass is 35.5. The average molecular weight is 277 g/mol. The quantitative estimate of drug-likeness (QED) is 0.780. The van der Waals surface area contributed by atoms with Crippen molar-refractivity contribution in [1.82, 2.24) is 9.72 Å². The predicted octanol–water partition coefficient (Wildman–Crippen LogP) is 3.18. The van der Waals surface area contributed by atoms with E-state index < -0.39 is 5.97 Å². The first-order chi connectivity index (χ1) is 9.06. The molecular weight excluding hydrogens is 268 g/mol. The van der Waals surface area contributed by atoms with E-state index in [4.69, 9.17) is 21.2 Å². The minimum atomic E-state index is -1.11. The molecule has 0 aliphatic carbocycles. The summed E-state index contributed by atoms with van der Waals surface area (Å²) < 4.78 is 6.99. The number of hydrogen-bond donors (Lipinski definition) is 1. The van der Waals surface area contributed by atoms with Crippen LogP contribution in [0.25, 0.3) is 22.2 Å². The van der Waals surface area contributed by atoms with E-state index in [9.17, 15) is 4.79 Å². The van der Waals surface area contributed by atoms with Gasteiger partial charge in [0.1, 0.15) is 0 Å². The van der Waals surface area contributed by atoms with Crippen LogP contribution >= 0.6 is 11.6 Å². The van der Waals surface area contributed by atoms with Crippen LogP contribution in [0.15, 0.2) is 35.0 Å². The molecule has 0 saturated heterocycles. The molecule has 0 radical (unpaired) electrons. The molecule has 1 N–H and O–H groups in total. The summed E-state index contributed by atoms with van der Waals surface area (Å²) in [4.78, 5) is 10.8. The fourth-order valence-corrected chi connectivity index (χ4v) is 2.22. The van der Waals surface area contributed by atoms with Gasteiger partial charge in [-0.1, -0.05) is 22.8 Å². The summed E-state index contributed by atoms with van der Waals surface area (Å²) in [6, 6.07) is 6.90. The second-order valence-corrected chi connectivity index (χ2v) is 4.63. The lowest BCUT2D eigenvalue weighted by Gasteiger charge is -1.96. The van der Waals surface area contributed by atoms with Gasteiger partial charge in [0.2, 0.25) is 0 Å². The molecule has 0 spiro atoms. The SMILES string of the molecule is Cn1cc(-c2cc(C(=O)O)no2)c2ccc(Cl)cc21. The van der Waals surface area contributed by atoms with E-state index in [1.54, 1.807) is 6.07 Å². The molecule has 0 unspecified atom stereocenters. The third-order valence-electron chi connectivity index (χ3n) is 2.95. The van der Waals surface area contributed by atoms with Gasteiger partial charge in [-0.15, -0.1) is 0 Å². The van der Waals surface area contributed by atoms with Gasteiger partial charge in [0.25, 0.3) is 0 Å². The van der Waals surface area contributed by atoms with Gasteiger partial charge in [0.15, 0.2) is 11.5 Å². The molecule has 3 rings (SSSR count). The van der Waals surface area contributed by atoms with Gasteiger partial charge in [0, 0.05) is 40.8 Å². The van der Waals surface area contributed by atoms with Crippen LogP contribution in [-0.4, -0.2) is 20.8 Å². The Balaban J connectivity index is 2.22. The van der Waals surface area contributed by atoms with E-state index in [0.29, 0.717) is 10.8 Å². The van der Waals surface area contributed by atoms with Gasteiger partial charge in [-0.2, -0.15) is 0 Å². The van der Waals surface area contributed by atoms with Crippen LogP contribution in [0.5, 0.6) is 0 Å². The van der Waals surface area contributed by atoms with E-state index in [-0.39, 0.29) is 5.69 Å². The van der Waals surface area contributed by atoms with E-state index in [0.717, 1.165) is 16.5 Å². The Kier molecular flexibility index (Phi) is 2.57. The monoisotopic (exact) mass is 276 g/mol. The topological polar surface area (TPSA) is 68.3 Å². The van der Waals surface area contributed by atoms with Crippen LogP contribution in [0.3, 0.4) is 0 Å². The van der Waals surface area contributed by atoms with Crippen molar-refractivity contribution in [2.75, 3.05) is 0 Å². The maximum atomic E-state index is 10.8. The van der Waals surface area contributed by atoms with Gasteiger partial charge in [-0.05, 0) is 12.1 Å². The minimum absolute atomic E-state index is 0.110. The molecule has 6 heteroatoms. The van der Waals surface area contributed by atoms with Crippen molar-refractivity contribution >= 4 is 28.5 Å². The fraction of sp³-hybridized carbons (Fsp3) is 0.0769. The summed E-state index contributed by atoms with van der Waals surface area (Å²) in [7, 11) is 1.89. The largest absolute Gasteiger partial charge is 0.476 e. The molecule has 1 aromatic carbocycles. The number of nitrogens with zero attached hydrogens (tertiary/aromatic N) is 2. The maximum absolute atomic E-state index is 10.8. The number of aromatic nitrogens is 2. The van der Waals surface area contributed by atoms with Gasteiger partial charge in [-0.25, -0.2) is 4.79 Å². The Morgan fingerprint density at radius 2 is 2.21 bits per heavy atom. The first-order valence-electron chi connectivity index (χ1n) is 5.51. The van der Waals surface area contributed by atoms with Crippen LogP contribution < -0.4 is 0 Å². The van der Waals surface area contributed by atoms with Gasteiger partial charge in [-0.3, -0.25) is 0 Å². The van der Waals surface area contributed by atoms with Crippen LogP contribution in [0.2, 0.25) is 5.02 Å². The molecule has 5 nitrogen and oxygen atoms in total. The van der Waals surface area contributed by atoms with E-state index in [2.05, 4.69) is 5.16 Å². The Labute approximate surface area is 113 Å². The molecular formula is C13H9ClN2O3. The smallest absolute Gasteiger partial charge is 0.358 e. The summed E-state index contributed by atoms with van der Waals surface area (Å²) >= 11 is 5.96. The summed E-state index contributed by atoms with van der Waals surface area (Å²) in [5.74, 6) is -0.691. The number of fused-ring (bicyclic) bond motifs is 1. The molecule has 2 aromatic heterocycles. The number of aryl methyl sites for hydroxylation is 1. The zero-order valence-electron chi connectivity index (χ0n) is 9.92. The molecule has 0 amide bonds. The summed E-state index contributed by atoms with van der Waals surface area (Å²) in [5, 5.41) is 13.9. The zero-order chi connectivity index (χ0) is 13.6. The molecule has 0 fully saturated rings. The first-order valence-corrected chi connectivity index (χ1v) is 5.89. The summed E-state index contributed by atoms with van der Waals surface area (Å²) in [6.07, 6.45) is 1.85. The molecule has 96 valence electrons. The van der Waals surface area contributed by atoms with Gasteiger partial charge in [0.05, 0.1) is 0 Å². The molecule has 0 bridgehead atoms. The second kappa shape index (κ2) is 4.13. The molecule has 0 saturated carbocycles. The van der Waals surface area contributed by atoms with E-state index in [1.807, 2.05) is 29.9 Å². The lowest BCUT2D eigenvalue weighted by atomic mass is 10.1.